The summed E-state index contributed by atoms with van der Waals surface area (Å²) < 4.78 is 2.20. The molecule has 0 spiro atoms. The maximum Gasteiger partial charge on any atom is 0.141 e. The Hall–Kier alpha value is -1.83. The van der Waals surface area contributed by atoms with Gasteiger partial charge in [-0.15, -0.1) is 11.3 Å². The predicted molar refractivity (Wildman–Crippen MR) is 87.9 cm³/mol. The highest BCUT2D eigenvalue weighted by Gasteiger charge is 2.15. The summed E-state index contributed by atoms with van der Waals surface area (Å²) in [6, 6.07) is 18.0. The molecule has 20 heavy (non-hydrogen) atoms. The van der Waals surface area contributed by atoms with E-state index in [1.54, 1.807) is 11.3 Å². The van der Waals surface area contributed by atoms with Crippen molar-refractivity contribution in [3.05, 3.63) is 63.9 Å². The van der Waals surface area contributed by atoms with Crippen LogP contribution in [0, 0.1) is 11.3 Å². The second-order valence-electron chi connectivity index (χ2n) is 4.40. The molecular weight excluding hydrogens is 332 g/mol. The van der Waals surface area contributed by atoms with Crippen LogP contribution in [0.2, 0.25) is 0 Å². The van der Waals surface area contributed by atoms with E-state index < -0.39 is 0 Å². The molecule has 1 heterocycles. The smallest absolute Gasteiger partial charge is 0.141 e. The zero-order valence-electron chi connectivity index (χ0n) is 10.5. The van der Waals surface area contributed by atoms with E-state index in [0.29, 0.717) is 0 Å². The van der Waals surface area contributed by atoms with Gasteiger partial charge in [0.2, 0.25) is 0 Å². The van der Waals surface area contributed by atoms with Gasteiger partial charge < -0.3 is 5.32 Å². The first-order valence-corrected chi connectivity index (χ1v) is 7.83. The summed E-state index contributed by atoms with van der Waals surface area (Å²) in [5.41, 5.74) is 1.97. The van der Waals surface area contributed by atoms with Gasteiger partial charge in [0, 0.05) is 20.4 Å². The number of nitrogens with zero attached hydrogens (tertiary/aromatic N) is 1. The monoisotopic (exact) mass is 342 g/mol. The van der Waals surface area contributed by atoms with E-state index in [2.05, 4.69) is 44.8 Å². The maximum absolute atomic E-state index is 9.47. The lowest BCUT2D eigenvalue weighted by Gasteiger charge is -2.12. The van der Waals surface area contributed by atoms with Crippen LogP contribution in [0.4, 0.5) is 5.69 Å². The number of fused-ring (bicyclic) bond motifs is 1. The van der Waals surface area contributed by atoms with E-state index in [9.17, 15) is 5.26 Å². The van der Waals surface area contributed by atoms with Gasteiger partial charge in [0.1, 0.15) is 6.04 Å². The van der Waals surface area contributed by atoms with Gasteiger partial charge in [0.05, 0.1) is 6.07 Å². The molecule has 2 nitrogen and oxygen atoms in total. The Morgan fingerprint density at radius 1 is 1.15 bits per heavy atom. The van der Waals surface area contributed by atoms with Crippen LogP contribution in [-0.4, -0.2) is 0 Å². The Bertz CT molecular complexity index is 788. The Morgan fingerprint density at radius 2 is 2.00 bits per heavy atom. The van der Waals surface area contributed by atoms with Crippen molar-refractivity contribution in [2.75, 3.05) is 5.32 Å². The summed E-state index contributed by atoms with van der Waals surface area (Å²) in [6.45, 7) is 0. The van der Waals surface area contributed by atoms with Crippen molar-refractivity contribution in [2.45, 2.75) is 6.04 Å². The van der Waals surface area contributed by atoms with Crippen LogP contribution >= 0.6 is 27.3 Å². The average Bonchev–Trinajstić information content (AvgIpc) is 2.89. The molecule has 1 N–H and O–H groups in total. The van der Waals surface area contributed by atoms with Gasteiger partial charge in [-0.1, -0.05) is 40.2 Å². The summed E-state index contributed by atoms with van der Waals surface area (Å²) >= 11 is 5.11. The van der Waals surface area contributed by atoms with Crippen LogP contribution in [0.15, 0.2) is 58.4 Å². The Balaban J connectivity index is 1.96. The lowest BCUT2D eigenvalue weighted by Crippen LogP contribution is -2.07. The second-order valence-corrected chi connectivity index (χ2v) is 6.23. The van der Waals surface area contributed by atoms with Crippen molar-refractivity contribution in [1.82, 2.24) is 0 Å². The lowest BCUT2D eigenvalue weighted by molar-refractivity contribution is 1.02. The normalized spacial score (nSPS) is 12.0. The fraction of sp³-hybridized carbons (Fsp3) is 0.0625. The molecule has 0 saturated carbocycles. The number of thiophene rings is 1. The van der Waals surface area contributed by atoms with Gasteiger partial charge in [-0.3, -0.25) is 0 Å². The molecule has 0 fully saturated rings. The van der Waals surface area contributed by atoms with Crippen molar-refractivity contribution >= 4 is 43.0 Å². The minimum Gasteiger partial charge on any atom is -0.366 e. The molecule has 0 amide bonds. The molecule has 1 unspecified atom stereocenters. The van der Waals surface area contributed by atoms with E-state index in [-0.39, 0.29) is 6.04 Å². The van der Waals surface area contributed by atoms with E-state index in [1.165, 1.54) is 4.70 Å². The first-order valence-electron chi connectivity index (χ1n) is 6.16. The predicted octanol–water partition coefficient (Wildman–Crippen LogP) is 5.34. The summed E-state index contributed by atoms with van der Waals surface area (Å²) in [4.78, 5) is 0. The summed E-state index contributed by atoms with van der Waals surface area (Å²) in [6.07, 6.45) is 0. The fourth-order valence-corrected chi connectivity index (χ4v) is 3.53. The van der Waals surface area contributed by atoms with Crippen molar-refractivity contribution in [2.24, 2.45) is 0 Å². The molecule has 1 aromatic heterocycles. The van der Waals surface area contributed by atoms with Crippen LogP contribution in [0.1, 0.15) is 11.6 Å². The van der Waals surface area contributed by atoms with Crippen LogP contribution in [0.5, 0.6) is 0 Å². The standard InChI is InChI=1S/C16H11BrN2S/c17-11-4-3-5-12(8-11)19-15(9-18)14-10-20-16-7-2-1-6-13(14)16/h1-8,10,15,19H. The molecule has 0 aliphatic carbocycles. The third-order valence-electron chi connectivity index (χ3n) is 3.09. The minimum atomic E-state index is -0.347. The van der Waals surface area contributed by atoms with Crippen molar-refractivity contribution in [3.8, 4) is 6.07 Å². The van der Waals surface area contributed by atoms with E-state index in [0.717, 1.165) is 21.1 Å². The molecule has 98 valence electrons. The first-order chi connectivity index (χ1) is 9.78. The average molecular weight is 343 g/mol. The summed E-state index contributed by atoms with van der Waals surface area (Å²) in [7, 11) is 0. The lowest BCUT2D eigenvalue weighted by atomic mass is 10.1. The molecule has 3 rings (SSSR count). The van der Waals surface area contributed by atoms with Gasteiger partial charge in [-0.05, 0) is 35.0 Å². The number of nitrogens with one attached hydrogen (secondary N) is 1. The van der Waals surface area contributed by atoms with Crippen LogP contribution in [0.25, 0.3) is 10.1 Å². The van der Waals surface area contributed by atoms with Gasteiger partial charge in [-0.2, -0.15) is 5.26 Å². The molecule has 2 aromatic carbocycles. The van der Waals surface area contributed by atoms with Gasteiger partial charge in [0.15, 0.2) is 0 Å². The first kappa shape index (κ1) is 13.2. The number of halogens is 1. The second kappa shape index (κ2) is 5.66. The summed E-state index contributed by atoms with van der Waals surface area (Å²) in [5, 5.41) is 16.0. The highest BCUT2D eigenvalue weighted by molar-refractivity contribution is 9.10. The Kier molecular flexibility index (Phi) is 3.72. The third kappa shape index (κ3) is 2.55. The topological polar surface area (TPSA) is 35.8 Å². The zero-order valence-corrected chi connectivity index (χ0v) is 12.9. The van der Waals surface area contributed by atoms with E-state index >= 15 is 0 Å². The van der Waals surface area contributed by atoms with Crippen molar-refractivity contribution in [3.63, 3.8) is 0 Å². The van der Waals surface area contributed by atoms with Crippen LogP contribution < -0.4 is 5.32 Å². The number of anilines is 1. The number of hydrogen-bond acceptors (Lipinski definition) is 3. The Labute approximate surface area is 129 Å². The molecule has 1 atom stereocenters. The maximum atomic E-state index is 9.47. The van der Waals surface area contributed by atoms with E-state index in [4.69, 9.17) is 0 Å². The summed E-state index contributed by atoms with van der Waals surface area (Å²) in [5.74, 6) is 0. The Morgan fingerprint density at radius 3 is 2.80 bits per heavy atom. The molecular formula is C16H11BrN2S. The third-order valence-corrected chi connectivity index (χ3v) is 4.56. The number of hydrogen-bond donors (Lipinski definition) is 1. The van der Waals surface area contributed by atoms with E-state index in [1.807, 2.05) is 36.4 Å². The number of rotatable bonds is 3. The SMILES string of the molecule is N#CC(Nc1cccc(Br)c1)c1csc2ccccc12. The number of benzene rings is 2. The van der Waals surface area contributed by atoms with Gasteiger partial charge >= 0.3 is 0 Å². The fourth-order valence-electron chi connectivity index (χ4n) is 2.15. The van der Waals surface area contributed by atoms with Gasteiger partial charge in [-0.25, -0.2) is 0 Å². The van der Waals surface area contributed by atoms with Crippen molar-refractivity contribution in [1.29, 1.82) is 5.26 Å². The highest BCUT2D eigenvalue weighted by Crippen LogP contribution is 2.32. The molecule has 0 saturated heterocycles. The molecule has 3 aromatic rings. The molecule has 0 bridgehead atoms. The largest absolute Gasteiger partial charge is 0.366 e. The molecule has 4 heteroatoms. The van der Waals surface area contributed by atoms with Crippen LogP contribution in [0.3, 0.4) is 0 Å². The molecule has 0 radical (unpaired) electrons. The zero-order chi connectivity index (χ0) is 13.9. The molecule has 0 aliphatic heterocycles. The van der Waals surface area contributed by atoms with Crippen molar-refractivity contribution < 1.29 is 0 Å². The highest BCUT2D eigenvalue weighted by atomic mass is 79.9. The minimum absolute atomic E-state index is 0.347. The van der Waals surface area contributed by atoms with Gasteiger partial charge in [0.25, 0.3) is 0 Å². The number of nitriles is 1. The quantitative estimate of drug-likeness (QED) is 0.697. The van der Waals surface area contributed by atoms with Crippen LogP contribution in [-0.2, 0) is 0 Å². The molecule has 0 aliphatic rings.